The summed E-state index contributed by atoms with van der Waals surface area (Å²) in [6.07, 6.45) is 11.1. The van der Waals surface area contributed by atoms with E-state index < -0.39 is 0 Å². The van der Waals surface area contributed by atoms with Crippen molar-refractivity contribution >= 4 is 39.9 Å². The number of thiophene rings is 1. The van der Waals surface area contributed by atoms with Crippen LogP contribution in [0.25, 0.3) is 0 Å². The molecule has 0 bridgehead atoms. The Kier molecular flexibility index (Phi) is 10.3. The topological polar surface area (TPSA) is 26.3 Å². The molecule has 142 valence electrons. The molecule has 1 heterocycles. The van der Waals surface area contributed by atoms with E-state index in [1.54, 1.807) is 11.3 Å². The highest BCUT2D eigenvalue weighted by Crippen LogP contribution is 2.29. The Balaban J connectivity index is 1.82. The van der Waals surface area contributed by atoms with E-state index in [0.29, 0.717) is 5.56 Å². The molecule has 0 saturated heterocycles. The molecule has 1 unspecified atom stereocenters. The average Bonchev–Trinajstić information content (AvgIpc) is 3.17. The first kappa shape index (κ1) is 21.4. The zero-order valence-corrected chi connectivity index (χ0v) is 18.6. The number of rotatable bonds is 12. The Morgan fingerprint density at radius 2 is 1.69 bits per heavy atom. The predicted octanol–water partition coefficient (Wildman–Crippen LogP) is 7.78. The monoisotopic (exact) mass is 484 g/mol. The van der Waals surface area contributed by atoms with Crippen LogP contribution in [0.1, 0.15) is 86.1 Å². The summed E-state index contributed by atoms with van der Waals surface area (Å²) in [4.78, 5) is 13.7. The van der Waals surface area contributed by atoms with Gasteiger partial charge in [-0.2, -0.15) is 0 Å². The molecule has 4 heteroatoms. The molecule has 0 amide bonds. The molecule has 0 spiro atoms. The van der Waals surface area contributed by atoms with E-state index in [2.05, 4.69) is 41.0 Å². The first-order chi connectivity index (χ1) is 12.7. The maximum Gasteiger partial charge on any atom is 0.339 e. The molecular weight excluding hydrogens is 455 g/mol. The molecule has 0 saturated carbocycles. The fourth-order valence-corrected chi connectivity index (χ4v) is 4.41. The molecule has 2 aromatic rings. The first-order valence-corrected chi connectivity index (χ1v) is 11.7. The molecular formula is C22H29IO2S. The van der Waals surface area contributed by atoms with Gasteiger partial charge in [0.2, 0.25) is 0 Å². The summed E-state index contributed by atoms with van der Waals surface area (Å²) in [5, 5.41) is 2.05. The molecule has 1 atom stereocenters. The predicted molar refractivity (Wildman–Crippen MR) is 119 cm³/mol. The molecule has 1 aromatic carbocycles. The Morgan fingerprint density at radius 1 is 1.00 bits per heavy atom. The van der Waals surface area contributed by atoms with Gasteiger partial charge >= 0.3 is 5.97 Å². The van der Waals surface area contributed by atoms with Gasteiger partial charge in [0, 0.05) is 8.45 Å². The number of benzene rings is 1. The Hall–Kier alpha value is -0.880. The van der Waals surface area contributed by atoms with E-state index in [0.717, 1.165) is 21.3 Å². The molecule has 2 nitrogen and oxygen atoms in total. The minimum Gasteiger partial charge on any atom is -0.453 e. The normalized spacial score (nSPS) is 12.1. The lowest BCUT2D eigenvalue weighted by atomic mass is 10.0. The lowest BCUT2D eigenvalue weighted by Gasteiger charge is -2.17. The second kappa shape index (κ2) is 12.5. The fraction of sp³-hybridized carbons (Fsp3) is 0.500. The van der Waals surface area contributed by atoms with E-state index >= 15 is 0 Å². The summed E-state index contributed by atoms with van der Waals surface area (Å²) in [5.41, 5.74) is 0.658. The number of carbonyl (C=O) groups is 1. The Labute approximate surface area is 175 Å². The SMILES string of the molecule is CCCCCCCCCCC(OC(=O)c1ccccc1I)c1cccs1. The number of hydrogen-bond acceptors (Lipinski definition) is 3. The number of ether oxygens (including phenoxy) is 1. The van der Waals surface area contributed by atoms with Gasteiger partial charge in [0.15, 0.2) is 0 Å². The van der Waals surface area contributed by atoms with Crippen molar-refractivity contribution in [1.29, 1.82) is 0 Å². The number of hydrogen-bond donors (Lipinski definition) is 0. The van der Waals surface area contributed by atoms with Crippen LogP contribution in [0.15, 0.2) is 41.8 Å². The highest BCUT2D eigenvalue weighted by atomic mass is 127. The van der Waals surface area contributed by atoms with Gasteiger partial charge in [-0.05, 0) is 59.0 Å². The van der Waals surface area contributed by atoms with E-state index in [1.807, 2.05) is 30.3 Å². The van der Waals surface area contributed by atoms with Crippen molar-refractivity contribution in [3.8, 4) is 0 Å². The van der Waals surface area contributed by atoms with Crippen LogP contribution in [0.2, 0.25) is 0 Å². The molecule has 0 N–H and O–H groups in total. The zero-order valence-electron chi connectivity index (χ0n) is 15.6. The summed E-state index contributed by atoms with van der Waals surface area (Å²) in [6.45, 7) is 2.25. The quantitative estimate of drug-likeness (QED) is 0.175. The summed E-state index contributed by atoms with van der Waals surface area (Å²) < 4.78 is 6.83. The van der Waals surface area contributed by atoms with Crippen molar-refractivity contribution in [2.45, 2.75) is 70.8 Å². The van der Waals surface area contributed by atoms with Crippen molar-refractivity contribution in [1.82, 2.24) is 0 Å². The van der Waals surface area contributed by atoms with Crippen LogP contribution < -0.4 is 0 Å². The first-order valence-electron chi connectivity index (χ1n) is 9.71. The van der Waals surface area contributed by atoms with Crippen molar-refractivity contribution in [2.24, 2.45) is 0 Å². The van der Waals surface area contributed by atoms with Gasteiger partial charge in [-0.15, -0.1) is 11.3 Å². The largest absolute Gasteiger partial charge is 0.453 e. The number of unbranched alkanes of at least 4 members (excludes halogenated alkanes) is 7. The molecule has 0 aliphatic carbocycles. The second-order valence-electron chi connectivity index (χ2n) is 6.65. The smallest absolute Gasteiger partial charge is 0.339 e. The van der Waals surface area contributed by atoms with Crippen LogP contribution in [-0.4, -0.2) is 5.97 Å². The summed E-state index contributed by atoms with van der Waals surface area (Å²) in [7, 11) is 0. The number of carbonyl (C=O) groups excluding carboxylic acids is 1. The average molecular weight is 484 g/mol. The van der Waals surface area contributed by atoms with Gasteiger partial charge in [-0.25, -0.2) is 4.79 Å². The van der Waals surface area contributed by atoms with Gasteiger partial charge in [0.1, 0.15) is 6.10 Å². The van der Waals surface area contributed by atoms with Crippen LogP contribution in [0, 0.1) is 3.57 Å². The van der Waals surface area contributed by atoms with Gasteiger partial charge < -0.3 is 4.74 Å². The molecule has 0 aliphatic rings. The summed E-state index contributed by atoms with van der Waals surface area (Å²) in [6, 6.07) is 11.7. The third-order valence-electron chi connectivity index (χ3n) is 4.52. The van der Waals surface area contributed by atoms with E-state index in [9.17, 15) is 4.79 Å². The lowest BCUT2D eigenvalue weighted by molar-refractivity contribution is 0.0277. The minimum atomic E-state index is -0.215. The minimum absolute atomic E-state index is 0.126. The lowest BCUT2D eigenvalue weighted by Crippen LogP contribution is -2.12. The molecule has 26 heavy (non-hydrogen) atoms. The van der Waals surface area contributed by atoms with E-state index in [1.165, 1.54) is 44.9 Å². The maximum atomic E-state index is 12.6. The Morgan fingerprint density at radius 3 is 2.35 bits per heavy atom. The summed E-state index contributed by atoms with van der Waals surface area (Å²) in [5.74, 6) is -0.215. The number of esters is 1. The molecule has 0 aliphatic heterocycles. The highest BCUT2D eigenvalue weighted by Gasteiger charge is 2.20. The summed E-state index contributed by atoms with van der Waals surface area (Å²) >= 11 is 3.86. The van der Waals surface area contributed by atoms with Gasteiger partial charge in [-0.3, -0.25) is 0 Å². The third kappa shape index (κ3) is 7.39. The molecule has 0 fully saturated rings. The van der Waals surface area contributed by atoms with Gasteiger partial charge in [0.25, 0.3) is 0 Å². The van der Waals surface area contributed by atoms with Gasteiger partial charge in [0.05, 0.1) is 5.56 Å². The third-order valence-corrected chi connectivity index (χ3v) is 6.43. The molecule has 2 rings (SSSR count). The van der Waals surface area contributed by atoms with Crippen LogP contribution in [0.5, 0.6) is 0 Å². The van der Waals surface area contributed by atoms with Gasteiger partial charge in [-0.1, -0.05) is 70.1 Å². The van der Waals surface area contributed by atoms with Crippen molar-refractivity contribution in [2.75, 3.05) is 0 Å². The molecule has 1 aromatic heterocycles. The number of halogens is 1. The zero-order chi connectivity index (χ0) is 18.6. The second-order valence-corrected chi connectivity index (χ2v) is 8.79. The van der Waals surface area contributed by atoms with Crippen LogP contribution >= 0.6 is 33.9 Å². The van der Waals surface area contributed by atoms with Crippen LogP contribution in [0.3, 0.4) is 0 Å². The van der Waals surface area contributed by atoms with Crippen molar-refractivity contribution < 1.29 is 9.53 Å². The van der Waals surface area contributed by atoms with Crippen molar-refractivity contribution in [3.63, 3.8) is 0 Å². The van der Waals surface area contributed by atoms with E-state index in [-0.39, 0.29) is 12.1 Å². The fourth-order valence-electron chi connectivity index (χ4n) is 3.02. The molecule has 0 radical (unpaired) electrons. The van der Waals surface area contributed by atoms with Crippen LogP contribution in [0.4, 0.5) is 0 Å². The Bertz CT molecular complexity index is 639. The van der Waals surface area contributed by atoms with Crippen molar-refractivity contribution in [3.05, 3.63) is 55.8 Å². The maximum absolute atomic E-state index is 12.6. The van der Waals surface area contributed by atoms with Crippen LogP contribution in [-0.2, 0) is 4.74 Å². The van der Waals surface area contributed by atoms with E-state index in [4.69, 9.17) is 4.74 Å². The standard InChI is InChI=1S/C22H29IO2S/c1-2-3-4-5-6-7-8-9-15-20(21-16-12-17-26-21)25-22(24)18-13-10-11-14-19(18)23/h10-14,16-17,20H,2-9,15H2,1H3. The highest BCUT2D eigenvalue weighted by molar-refractivity contribution is 14.1.